The molecule has 1 fully saturated rings. The van der Waals surface area contributed by atoms with Crippen LogP contribution in [0.3, 0.4) is 0 Å². The maximum absolute atomic E-state index is 4.68. The highest BCUT2D eigenvalue weighted by Gasteiger charge is 2.27. The van der Waals surface area contributed by atoms with Crippen molar-refractivity contribution in [3.05, 3.63) is 23.0 Å². The largest absolute Gasteiger partial charge is 0.293 e. The normalized spacial score (nSPS) is 15.5. The minimum Gasteiger partial charge on any atom is -0.293 e. The van der Waals surface area contributed by atoms with Gasteiger partial charge in [0.15, 0.2) is 5.82 Å². The van der Waals surface area contributed by atoms with Crippen LogP contribution in [0.4, 0.5) is 0 Å². The molecule has 18 heavy (non-hydrogen) atoms. The molecule has 0 bridgehead atoms. The Bertz CT molecular complexity index is 529. The second kappa shape index (κ2) is 4.49. The summed E-state index contributed by atoms with van der Waals surface area (Å²) in [6.45, 7) is 3.29. The van der Waals surface area contributed by atoms with Crippen molar-refractivity contribution in [3.8, 4) is 0 Å². The lowest BCUT2D eigenvalue weighted by molar-refractivity contribution is 0.276. The highest BCUT2D eigenvalue weighted by Crippen LogP contribution is 2.37. The maximum Gasteiger partial charge on any atom is 0.153 e. The molecule has 0 aliphatic heterocycles. The summed E-state index contributed by atoms with van der Waals surface area (Å²) in [6, 6.07) is 0. The van der Waals surface area contributed by atoms with E-state index in [-0.39, 0.29) is 0 Å². The maximum atomic E-state index is 4.68. The molecule has 0 radical (unpaired) electrons. The van der Waals surface area contributed by atoms with Crippen molar-refractivity contribution in [1.82, 2.24) is 30.4 Å². The third-order valence-corrected chi connectivity index (χ3v) is 3.08. The van der Waals surface area contributed by atoms with Crippen LogP contribution in [0.25, 0.3) is 0 Å². The predicted molar refractivity (Wildman–Crippen MR) is 62.6 cm³/mol. The smallest absolute Gasteiger partial charge is 0.153 e. The van der Waals surface area contributed by atoms with Gasteiger partial charge in [0, 0.05) is 12.5 Å². The van der Waals surface area contributed by atoms with E-state index in [4.69, 9.17) is 0 Å². The number of aryl methyl sites for hydroxylation is 1. The Balaban J connectivity index is 1.59. The van der Waals surface area contributed by atoms with Crippen molar-refractivity contribution < 1.29 is 4.63 Å². The summed E-state index contributed by atoms with van der Waals surface area (Å²) in [6.07, 6.45) is 2.44. The molecule has 0 aromatic carbocycles. The van der Waals surface area contributed by atoms with Crippen molar-refractivity contribution in [3.63, 3.8) is 0 Å². The molecule has 3 rings (SSSR count). The lowest BCUT2D eigenvalue weighted by Gasteiger charge is -2.12. The van der Waals surface area contributed by atoms with Crippen molar-refractivity contribution in [2.45, 2.75) is 38.8 Å². The molecule has 0 amide bonds. The number of H-pyrrole nitrogens is 1. The van der Waals surface area contributed by atoms with Crippen LogP contribution in [0, 0.1) is 6.92 Å². The zero-order valence-corrected chi connectivity index (χ0v) is 10.6. The molecular formula is C11H16N6O. The van der Waals surface area contributed by atoms with Gasteiger partial charge >= 0.3 is 0 Å². The summed E-state index contributed by atoms with van der Waals surface area (Å²) >= 11 is 0. The van der Waals surface area contributed by atoms with E-state index >= 15 is 0 Å². The minimum absolute atomic E-state index is 0.585. The summed E-state index contributed by atoms with van der Waals surface area (Å²) in [5, 5.41) is 14.9. The van der Waals surface area contributed by atoms with E-state index in [1.54, 1.807) is 0 Å². The molecule has 1 N–H and O–H groups in total. The van der Waals surface area contributed by atoms with Gasteiger partial charge in [0.05, 0.1) is 6.54 Å². The van der Waals surface area contributed by atoms with Crippen LogP contribution in [0.15, 0.2) is 4.63 Å². The van der Waals surface area contributed by atoms with Gasteiger partial charge in [-0.1, -0.05) is 10.3 Å². The Kier molecular flexibility index (Phi) is 2.83. The zero-order valence-electron chi connectivity index (χ0n) is 10.6. The van der Waals surface area contributed by atoms with Gasteiger partial charge in [0.25, 0.3) is 0 Å². The summed E-state index contributed by atoms with van der Waals surface area (Å²) in [4.78, 5) is 6.60. The molecule has 1 saturated carbocycles. The summed E-state index contributed by atoms with van der Waals surface area (Å²) in [5.74, 6) is 2.44. The topological polar surface area (TPSA) is 83.7 Å². The van der Waals surface area contributed by atoms with Gasteiger partial charge in [-0.05, 0) is 26.8 Å². The first-order valence-corrected chi connectivity index (χ1v) is 6.10. The first kappa shape index (κ1) is 11.3. The van der Waals surface area contributed by atoms with E-state index in [0.29, 0.717) is 19.0 Å². The van der Waals surface area contributed by atoms with Gasteiger partial charge in [-0.3, -0.25) is 10.00 Å². The fourth-order valence-electron chi connectivity index (χ4n) is 1.87. The summed E-state index contributed by atoms with van der Waals surface area (Å²) in [7, 11) is 2.01. The highest BCUT2D eigenvalue weighted by molar-refractivity contribution is 5.06. The van der Waals surface area contributed by atoms with Crippen LogP contribution in [-0.4, -0.2) is 37.4 Å². The van der Waals surface area contributed by atoms with E-state index < -0.39 is 0 Å². The summed E-state index contributed by atoms with van der Waals surface area (Å²) < 4.78 is 4.68. The summed E-state index contributed by atoms with van der Waals surface area (Å²) in [5.41, 5.74) is 1.69. The quantitative estimate of drug-likeness (QED) is 0.850. The van der Waals surface area contributed by atoms with E-state index in [2.05, 4.69) is 35.0 Å². The van der Waals surface area contributed by atoms with Gasteiger partial charge in [-0.2, -0.15) is 5.10 Å². The SMILES string of the molecule is Cc1nonc1CN(C)Cc1nc(C2CC2)n[nH]1. The number of aromatic amines is 1. The Morgan fingerprint density at radius 3 is 2.83 bits per heavy atom. The molecule has 2 aromatic heterocycles. The fraction of sp³-hybridized carbons (Fsp3) is 0.636. The van der Waals surface area contributed by atoms with Crippen LogP contribution < -0.4 is 0 Å². The average molecular weight is 248 g/mol. The van der Waals surface area contributed by atoms with E-state index in [1.165, 1.54) is 12.8 Å². The van der Waals surface area contributed by atoms with Crippen LogP contribution in [-0.2, 0) is 13.1 Å². The van der Waals surface area contributed by atoms with Crippen LogP contribution >= 0.6 is 0 Å². The molecule has 96 valence electrons. The van der Waals surface area contributed by atoms with E-state index in [1.807, 2.05) is 14.0 Å². The number of nitrogens with zero attached hydrogens (tertiary/aromatic N) is 5. The Morgan fingerprint density at radius 2 is 2.17 bits per heavy atom. The second-order valence-corrected chi connectivity index (χ2v) is 4.88. The van der Waals surface area contributed by atoms with Gasteiger partial charge < -0.3 is 0 Å². The van der Waals surface area contributed by atoms with Crippen molar-refractivity contribution in [2.24, 2.45) is 0 Å². The zero-order chi connectivity index (χ0) is 12.5. The van der Waals surface area contributed by atoms with Gasteiger partial charge in [-0.25, -0.2) is 9.61 Å². The van der Waals surface area contributed by atoms with Crippen LogP contribution in [0.5, 0.6) is 0 Å². The predicted octanol–water partition coefficient (Wildman–Crippen LogP) is 1.01. The molecule has 7 heteroatoms. The number of nitrogens with one attached hydrogen (secondary N) is 1. The lowest BCUT2D eigenvalue weighted by Crippen LogP contribution is -2.18. The molecule has 2 aromatic rings. The first-order valence-electron chi connectivity index (χ1n) is 6.10. The number of aromatic nitrogens is 5. The molecule has 0 unspecified atom stereocenters. The molecule has 1 aliphatic carbocycles. The fourth-order valence-corrected chi connectivity index (χ4v) is 1.87. The Hall–Kier alpha value is -1.76. The first-order chi connectivity index (χ1) is 8.72. The molecule has 0 saturated heterocycles. The van der Waals surface area contributed by atoms with Crippen LogP contribution in [0.1, 0.15) is 41.8 Å². The molecule has 1 aliphatic rings. The molecule has 7 nitrogen and oxygen atoms in total. The Labute approximate surface area is 105 Å². The van der Waals surface area contributed by atoms with Crippen molar-refractivity contribution in [2.75, 3.05) is 7.05 Å². The van der Waals surface area contributed by atoms with Crippen LogP contribution in [0.2, 0.25) is 0 Å². The van der Waals surface area contributed by atoms with E-state index in [0.717, 1.165) is 23.0 Å². The average Bonchev–Trinajstić information content (AvgIpc) is 2.97. The standard InChI is InChI=1S/C11H16N6O/c1-7-9(16-18-15-7)5-17(2)6-10-12-11(14-13-10)8-3-4-8/h8H,3-6H2,1-2H3,(H,12,13,14). The highest BCUT2D eigenvalue weighted by atomic mass is 16.6. The molecule has 0 spiro atoms. The van der Waals surface area contributed by atoms with Crippen molar-refractivity contribution >= 4 is 0 Å². The third-order valence-electron chi connectivity index (χ3n) is 3.08. The number of hydrogen-bond acceptors (Lipinski definition) is 6. The molecule has 0 atom stereocenters. The van der Waals surface area contributed by atoms with Gasteiger partial charge in [-0.15, -0.1) is 0 Å². The second-order valence-electron chi connectivity index (χ2n) is 4.88. The van der Waals surface area contributed by atoms with Gasteiger partial charge in [0.1, 0.15) is 17.2 Å². The third kappa shape index (κ3) is 2.40. The lowest BCUT2D eigenvalue weighted by atomic mass is 10.3. The molecule has 2 heterocycles. The number of hydrogen-bond donors (Lipinski definition) is 1. The number of rotatable bonds is 5. The monoisotopic (exact) mass is 248 g/mol. The Morgan fingerprint density at radius 1 is 1.33 bits per heavy atom. The van der Waals surface area contributed by atoms with Crippen molar-refractivity contribution in [1.29, 1.82) is 0 Å². The van der Waals surface area contributed by atoms with E-state index in [9.17, 15) is 0 Å². The van der Waals surface area contributed by atoms with Gasteiger partial charge in [0.2, 0.25) is 0 Å². The molecular weight excluding hydrogens is 232 g/mol. The minimum atomic E-state index is 0.585.